The van der Waals surface area contributed by atoms with Gasteiger partial charge in [0.25, 0.3) is 0 Å². The Morgan fingerprint density at radius 3 is 2.36 bits per heavy atom. The van der Waals surface area contributed by atoms with E-state index in [1.165, 1.54) is 11.8 Å². The van der Waals surface area contributed by atoms with Crippen LogP contribution >= 0.6 is 11.8 Å². The smallest absolute Gasteiger partial charge is 0.237 e. The monoisotopic (exact) mass is 351 g/mol. The zero-order valence-corrected chi connectivity index (χ0v) is 15.6. The van der Waals surface area contributed by atoms with Crippen LogP contribution in [0.1, 0.15) is 23.9 Å². The molecule has 1 N–H and O–H groups in total. The molecule has 0 aliphatic heterocycles. The molecule has 0 aliphatic carbocycles. The number of fused-ring (bicyclic) bond motifs is 1. The number of rotatable bonds is 4. The summed E-state index contributed by atoms with van der Waals surface area (Å²) in [6, 6.07) is 13.9. The maximum Gasteiger partial charge on any atom is 0.237 e. The first-order valence-corrected chi connectivity index (χ1v) is 9.11. The van der Waals surface area contributed by atoms with E-state index in [-0.39, 0.29) is 11.2 Å². The van der Waals surface area contributed by atoms with Crippen LogP contribution in [0.5, 0.6) is 0 Å². The quantitative estimate of drug-likeness (QED) is 0.548. The topological polar surface area (TPSA) is 54.9 Å². The SMILES string of the molecule is Cc1nc(SC(C)C(=O)Nc2cccc3ccccc23)nc(C)c1C. The summed E-state index contributed by atoms with van der Waals surface area (Å²) in [5, 5.41) is 5.52. The summed E-state index contributed by atoms with van der Waals surface area (Å²) in [6.07, 6.45) is 0. The molecule has 4 nitrogen and oxygen atoms in total. The van der Waals surface area contributed by atoms with Crippen LogP contribution in [0.2, 0.25) is 0 Å². The number of anilines is 1. The van der Waals surface area contributed by atoms with Crippen molar-refractivity contribution in [2.75, 3.05) is 5.32 Å². The van der Waals surface area contributed by atoms with Crippen LogP contribution in [-0.2, 0) is 4.79 Å². The lowest BCUT2D eigenvalue weighted by Crippen LogP contribution is -2.23. The van der Waals surface area contributed by atoms with Crippen molar-refractivity contribution in [3.05, 3.63) is 59.4 Å². The molecule has 128 valence electrons. The number of thioether (sulfide) groups is 1. The normalized spacial score (nSPS) is 12.2. The summed E-state index contributed by atoms with van der Waals surface area (Å²) in [4.78, 5) is 21.6. The van der Waals surface area contributed by atoms with Crippen LogP contribution in [0.25, 0.3) is 10.8 Å². The average molecular weight is 351 g/mol. The highest BCUT2D eigenvalue weighted by molar-refractivity contribution is 8.00. The van der Waals surface area contributed by atoms with Gasteiger partial charge in [0.1, 0.15) is 0 Å². The third-order valence-electron chi connectivity index (χ3n) is 4.31. The summed E-state index contributed by atoms with van der Waals surface area (Å²) < 4.78 is 0. The van der Waals surface area contributed by atoms with Gasteiger partial charge in [0.05, 0.1) is 5.25 Å². The van der Waals surface area contributed by atoms with E-state index < -0.39 is 0 Å². The summed E-state index contributed by atoms with van der Waals surface area (Å²) in [6.45, 7) is 7.82. The molecule has 1 atom stereocenters. The first-order valence-electron chi connectivity index (χ1n) is 8.23. The van der Waals surface area contributed by atoms with Crippen LogP contribution in [0.3, 0.4) is 0 Å². The molecule has 0 aliphatic rings. The van der Waals surface area contributed by atoms with Gasteiger partial charge in [0.15, 0.2) is 5.16 Å². The Balaban J connectivity index is 1.77. The number of hydrogen-bond donors (Lipinski definition) is 1. The lowest BCUT2D eigenvalue weighted by molar-refractivity contribution is -0.115. The summed E-state index contributed by atoms with van der Waals surface area (Å²) in [5.41, 5.74) is 3.83. The molecule has 1 unspecified atom stereocenters. The van der Waals surface area contributed by atoms with E-state index in [4.69, 9.17) is 0 Å². The first-order chi connectivity index (χ1) is 12.0. The second-order valence-corrected chi connectivity index (χ2v) is 7.39. The van der Waals surface area contributed by atoms with Gasteiger partial charge in [-0.2, -0.15) is 0 Å². The van der Waals surface area contributed by atoms with Gasteiger partial charge in [0, 0.05) is 22.5 Å². The molecule has 1 aromatic heterocycles. The van der Waals surface area contributed by atoms with Gasteiger partial charge >= 0.3 is 0 Å². The Morgan fingerprint density at radius 2 is 1.64 bits per heavy atom. The van der Waals surface area contributed by atoms with E-state index in [1.807, 2.05) is 70.2 Å². The average Bonchev–Trinajstić information content (AvgIpc) is 2.60. The Morgan fingerprint density at radius 1 is 1.00 bits per heavy atom. The molecule has 3 aromatic rings. The first kappa shape index (κ1) is 17.4. The second kappa shape index (κ2) is 7.23. The van der Waals surface area contributed by atoms with E-state index in [1.54, 1.807) is 0 Å². The number of nitrogens with zero attached hydrogens (tertiary/aromatic N) is 2. The van der Waals surface area contributed by atoms with Crippen molar-refractivity contribution in [2.45, 2.75) is 38.1 Å². The zero-order valence-electron chi connectivity index (χ0n) is 14.8. The number of hydrogen-bond acceptors (Lipinski definition) is 4. The number of aromatic nitrogens is 2. The largest absolute Gasteiger partial charge is 0.325 e. The van der Waals surface area contributed by atoms with Crippen molar-refractivity contribution in [2.24, 2.45) is 0 Å². The maximum absolute atomic E-state index is 12.6. The highest BCUT2D eigenvalue weighted by atomic mass is 32.2. The Hall–Kier alpha value is -2.40. The summed E-state index contributed by atoms with van der Waals surface area (Å²) >= 11 is 1.38. The van der Waals surface area contributed by atoms with Gasteiger partial charge in [-0.3, -0.25) is 4.79 Å². The van der Waals surface area contributed by atoms with E-state index in [0.29, 0.717) is 5.16 Å². The summed E-state index contributed by atoms with van der Waals surface area (Å²) in [7, 11) is 0. The van der Waals surface area contributed by atoms with Crippen LogP contribution in [-0.4, -0.2) is 21.1 Å². The lowest BCUT2D eigenvalue weighted by atomic mass is 10.1. The minimum atomic E-state index is -0.291. The molecule has 0 fully saturated rings. The highest BCUT2D eigenvalue weighted by Crippen LogP contribution is 2.26. The Labute approximate surface area is 152 Å². The molecule has 2 aromatic carbocycles. The van der Waals surface area contributed by atoms with Crippen molar-refractivity contribution in [1.82, 2.24) is 9.97 Å². The van der Waals surface area contributed by atoms with E-state index >= 15 is 0 Å². The second-order valence-electron chi connectivity index (χ2n) is 6.08. The third-order valence-corrected chi connectivity index (χ3v) is 5.27. The van der Waals surface area contributed by atoms with Gasteiger partial charge in [0.2, 0.25) is 5.91 Å². The van der Waals surface area contributed by atoms with Crippen molar-refractivity contribution in [1.29, 1.82) is 0 Å². The zero-order chi connectivity index (χ0) is 18.0. The van der Waals surface area contributed by atoms with Gasteiger partial charge in [-0.05, 0) is 44.7 Å². The van der Waals surface area contributed by atoms with Gasteiger partial charge < -0.3 is 5.32 Å². The number of benzene rings is 2. The molecular weight excluding hydrogens is 330 g/mol. The molecule has 3 rings (SSSR count). The molecular formula is C20H21N3OS. The molecule has 0 saturated carbocycles. The molecule has 5 heteroatoms. The van der Waals surface area contributed by atoms with Crippen molar-refractivity contribution in [3.8, 4) is 0 Å². The fourth-order valence-corrected chi connectivity index (χ4v) is 3.44. The minimum Gasteiger partial charge on any atom is -0.325 e. The molecule has 1 heterocycles. The predicted molar refractivity (Wildman–Crippen MR) is 104 cm³/mol. The third kappa shape index (κ3) is 3.82. The maximum atomic E-state index is 12.6. The summed E-state index contributed by atoms with van der Waals surface area (Å²) in [5.74, 6) is -0.0548. The molecule has 0 bridgehead atoms. The molecule has 0 saturated heterocycles. The van der Waals surface area contributed by atoms with Crippen molar-refractivity contribution < 1.29 is 4.79 Å². The van der Waals surface area contributed by atoms with Gasteiger partial charge in [-0.25, -0.2) is 9.97 Å². The standard InChI is InChI=1S/C20H21N3OS/c1-12-13(2)21-20(22-14(12)3)25-15(4)19(24)23-18-11-7-9-16-8-5-6-10-17(16)18/h5-11,15H,1-4H3,(H,23,24). The fourth-order valence-electron chi connectivity index (χ4n) is 2.57. The van der Waals surface area contributed by atoms with Gasteiger partial charge in [-0.15, -0.1) is 0 Å². The molecule has 0 spiro atoms. The molecule has 25 heavy (non-hydrogen) atoms. The van der Waals surface area contributed by atoms with Gasteiger partial charge in [-0.1, -0.05) is 48.2 Å². The number of aryl methyl sites for hydroxylation is 2. The van der Waals surface area contributed by atoms with E-state index in [9.17, 15) is 4.79 Å². The highest BCUT2D eigenvalue weighted by Gasteiger charge is 2.18. The Kier molecular flexibility index (Phi) is 5.04. The predicted octanol–water partition coefficient (Wildman–Crippen LogP) is 4.67. The Bertz CT molecular complexity index is 911. The fraction of sp³-hybridized carbons (Fsp3) is 0.250. The molecule has 0 radical (unpaired) electrons. The van der Waals surface area contributed by atoms with Crippen LogP contribution in [0.15, 0.2) is 47.6 Å². The van der Waals surface area contributed by atoms with Crippen molar-refractivity contribution in [3.63, 3.8) is 0 Å². The number of amides is 1. The van der Waals surface area contributed by atoms with Crippen LogP contribution in [0, 0.1) is 20.8 Å². The van der Waals surface area contributed by atoms with Crippen LogP contribution < -0.4 is 5.32 Å². The minimum absolute atomic E-state index is 0.0548. The van der Waals surface area contributed by atoms with Crippen molar-refractivity contribution >= 4 is 34.1 Å². The van der Waals surface area contributed by atoms with E-state index in [0.717, 1.165) is 33.4 Å². The molecule has 1 amide bonds. The number of carbonyl (C=O) groups is 1. The lowest BCUT2D eigenvalue weighted by Gasteiger charge is -2.14. The number of carbonyl (C=O) groups excluding carboxylic acids is 1. The van der Waals surface area contributed by atoms with E-state index in [2.05, 4.69) is 15.3 Å². The number of nitrogens with one attached hydrogen (secondary N) is 1. The van der Waals surface area contributed by atoms with Crippen LogP contribution in [0.4, 0.5) is 5.69 Å².